The van der Waals surface area contributed by atoms with Crippen LogP contribution in [0.1, 0.15) is 123 Å². The number of aliphatic hydroxyl groups is 1. The van der Waals surface area contributed by atoms with Crippen LogP contribution in [0.4, 0.5) is 0 Å². The van der Waals surface area contributed by atoms with E-state index in [0.29, 0.717) is 13.0 Å². The normalized spacial score (nSPS) is 12.9. The van der Waals surface area contributed by atoms with Crippen LogP contribution in [0.2, 0.25) is 0 Å². The van der Waals surface area contributed by atoms with Crippen molar-refractivity contribution >= 4 is 5.97 Å². The van der Waals surface area contributed by atoms with Crippen molar-refractivity contribution in [3.05, 3.63) is 36.5 Å². The van der Waals surface area contributed by atoms with Crippen LogP contribution in [0.3, 0.4) is 0 Å². The molecule has 0 radical (unpaired) electrons. The number of hydrogen-bond donors (Lipinski definition) is 1. The van der Waals surface area contributed by atoms with Gasteiger partial charge in [0.15, 0.2) is 0 Å². The topological polar surface area (TPSA) is 55.8 Å². The molecule has 198 valence electrons. The third-order valence-electron chi connectivity index (χ3n) is 5.73. The van der Waals surface area contributed by atoms with Gasteiger partial charge in [-0.25, -0.2) is 0 Å². The van der Waals surface area contributed by atoms with Crippen LogP contribution in [-0.2, 0) is 14.3 Å². The summed E-state index contributed by atoms with van der Waals surface area (Å²) in [6, 6.07) is 0. The predicted octanol–water partition coefficient (Wildman–Crippen LogP) is 8.25. The summed E-state index contributed by atoms with van der Waals surface area (Å²) >= 11 is 0. The number of rotatable bonds is 25. The summed E-state index contributed by atoms with van der Waals surface area (Å²) in [6.07, 6.45) is 32.1. The van der Waals surface area contributed by atoms with Gasteiger partial charge >= 0.3 is 5.97 Å². The Hall–Kier alpha value is -1.39. The molecule has 0 bridgehead atoms. The first-order valence-corrected chi connectivity index (χ1v) is 14.1. The van der Waals surface area contributed by atoms with Crippen molar-refractivity contribution < 1.29 is 19.4 Å². The summed E-state index contributed by atoms with van der Waals surface area (Å²) in [6.45, 7) is 5.09. The molecule has 0 heterocycles. The standard InChI is InChI=1S/C30H54O4/c1-3-5-7-9-10-11-12-13-14-15-16-17-18-19-20-21-22-24-26-33-28-29(27-31)34-30(32)25-23-8-6-4-2/h5,7,10-11,13-14,29,31H,3-4,6,8-9,12,15-28H2,1-2H3/b7-5-,11-10-,14-13-. The molecule has 34 heavy (non-hydrogen) atoms. The second-order valence-corrected chi connectivity index (χ2v) is 9.09. The highest BCUT2D eigenvalue weighted by atomic mass is 16.6. The van der Waals surface area contributed by atoms with Crippen LogP contribution in [0.25, 0.3) is 0 Å². The molecular formula is C30H54O4. The van der Waals surface area contributed by atoms with Gasteiger partial charge in [0.2, 0.25) is 0 Å². The molecular weight excluding hydrogens is 424 g/mol. The minimum Gasteiger partial charge on any atom is -0.457 e. The third kappa shape index (κ3) is 25.2. The Morgan fingerprint density at radius 3 is 1.97 bits per heavy atom. The van der Waals surface area contributed by atoms with Crippen LogP contribution in [0.5, 0.6) is 0 Å². The van der Waals surface area contributed by atoms with Crippen LogP contribution < -0.4 is 0 Å². The zero-order valence-electron chi connectivity index (χ0n) is 22.4. The van der Waals surface area contributed by atoms with E-state index in [2.05, 4.69) is 50.3 Å². The highest BCUT2D eigenvalue weighted by molar-refractivity contribution is 5.69. The maximum absolute atomic E-state index is 11.8. The van der Waals surface area contributed by atoms with Crippen LogP contribution in [0, 0.1) is 0 Å². The van der Waals surface area contributed by atoms with Crippen molar-refractivity contribution in [3.63, 3.8) is 0 Å². The van der Waals surface area contributed by atoms with Crippen LogP contribution in [-0.4, -0.2) is 37.0 Å². The van der Waals surface area contributed by atoms with Crippen molar-refractivity contribution in [2.45, 2.75) is 129 Å². The minimum absolute atomic E-state index is 0.176. The molecule has 0 aromatic carbocycles. The van der Waals surface area contributed by atoms with Crippen LogP contribution >= 0.6 is 0 Å². The number of unbranched alkanes of at least 4 members (excludes halogenated alkanes) is 11. The number of carbonyl (C=O) groups is 1. The number of esters is 1. The maximum atomic E-state index is 11.8. The van der Waals surface area contributed by atoms with E-state index in [4.69, 9.17) is 9.47 Å². The number of ether oxygens (including phenoxy) is 2. The zero-order valence-corrected chi connectivity index (χ0v) is 22.4. The van der Waals surface area contributed by atoms with Crippen molar-refractivity contribution in [2.24, 2.45) is 0 Å². The molecule has 0 saturated heterocycles. The second kappa shape index (κ2) is 27.9. The van der Waals surface area contributed by atoms with Gasteiger partial charge in [-0.05, 0) is 44.9 Å². The van der Waals surface area contributed by atoms with E-state index in [0.717, 1.165) is 51.4 Å². The molecule has 0 fully saturated rings. The Kier molecular flexibility index (Phi) is 26.7. The molecule has 0 aliphatic rings. The maximum Gasteiger partial charge on any atom is 0.306 e. The molecule has 0 amide bonds. The van der Waals surface area contributed by atoms with E-state index in [1.165, 1.54) is 51.4 Å². The van der Waals surface area contributed by atoms with Crippen molar-refractivity contribution in [1.29, 1.82) is 0 Å². The summed E-state index contributed by atoms with van der Waals surface area (Å²) in [5.41, 5.74) is 0. The van der Waals surface area contributed by atoms with E-state index in [9.17, 15) is 9.90 Å². The summed E-state index contributed by atoms with van der Waals surface area (Å²) < 4.78 is 10.9. The van der Waals surface area contributed by atoms with E-state index in [1.807, 2.05) is 0 Å². The van der Waals surface area contributed by atoms with Gasteiger partial charge in [-0.15, -0.1) is 0 Å². The summed E-state index contributed by atoms with van der Waals surface area (Å²) in [5, 5.41) is 9.38. The minimum atomic E-state index is -0.530. The molecule has 0 aromatic heterocycles. The molecule has 0 rings (SSSR count). The fraction of sp³-hybridized carbons (Fsp3) is 0.767. The van der Waals surface area contributed by atoms with Gasteiger partial charge in [0.05, 0.1) is 13.2 Å². The van der Waals surface area contributed by atoms with Gasteiger partial charge in [0, 0.05) is 13.0 Å². The molecule has 0 aliphatic carbocycles. The number of allylic oxidation sites excluding steroid dienone is 6. The first-order valence-electron chi connectivity index (χ1n) is 14.1. The second-order valence-electron chi connectivity index (χ2n) is 9.09. The van der Waals surface area contributed by atoms with Crippen molar-refractivity contribution in [3.8, 4) is 0 Å². The lowest BCUT2D eigenvalue weighted by Crippen LogP contribution is -2.27. The van der Waals surface area contributed by atoms with Crippen LogP contribution in [0.15, 0.2) is 36.5 Å². The highest BCUT2D eigenvalue weighted by Gasteiger charge is 2.13. The molecule has 0 aliphatic heterocycles. The molecule has 1 unspecified atom stereocenters. The largest absolute Gasteiger partial charge is 0.457 e. The lowest BCUT2D eigenvalue weighted by Gasteiger charge is -2.15. The van der Waals surface area contributed by atoms with Gasteiger partial charge in [-0.2, -0.15) is 0 Å². The number of hydrogen-bond acceptors (Lipinski definition) is 4. The fourth-order valence-corrected chi connectivity index (χ4v) is 3.63. The Labute approximate surface area is 210 Å². The molecule has 1 N–H and O–H groups in total. The zero-order chi connectivity index (χ0) is 25.0. The van der Waals surface area contributed by atoms with Gasteiger partial charge < -0.3 is 14.6 Å². The average Bonchev–Trinajstić information content (AvgIpc) is 2.84. The third-order valence-corrected chi connectivity index (χ3v) is 5.73. The van der Waals surface area contributed by atoms with E-state index in [-0.39, 0.29) is 19.2 Å². The monoisotopic (exact) mass is 478 g/mol. The summed E-state index contributed by atoms with van der Waals surface area (Å²) in [4.78, 5) is 11.8. The Morgan fingerprint density at radius 1 is 0.735 bits per heavy atom. The lowest BCUT2D eigenvalue weighted by molar-refractivity contribution is -0.154. The fourth-order valence-electron chi connectivity index (χ4n) is 3.63. The first-order chi connectivity index (χ1) is 16.7. The van der Waals surface area contributed by atoms with Crippen molar-refractivity contribution in [1.82, 2.24) is 0 Å². The molecule has 1 atom stereocenters. The van der Waals surface area contributed by atoms with Gasteiger partial charge in [-0.1, -0.05) is 108 Å². The SMILES string of the molecule is CC/C=C\C/C=C\C/C=C\CCCCCCCCCCOCC(CO)OC(=O)CCCCCC. The number of aliphatic hydroxyl groups excluding tert-OH is 1. The molecule has 4 heteroatoms. The highest BCUT2D eigenvalue weighted by Crippen LogP contribution is 2.11. The Bertz CT molecular complexity index is 510. The first kappa shape index (κ1) is 32.6. The lowest BCUT2D eigenvalue weighted by atomic mass is 10.1. The molecule has 0 saturated carbocycles. The molecule has 0 aromatic rings. The molecule has 4 nitrogen and oxygen atoms in total. The smallest absolute Gasteiger partial charge is 0.306 e. The predicted molar refractivity (Wildman–Crippen MR) is 145 cm³/mol. The van der Waals surface area contributed by atoms with Gasteiger partial charge in [-0.3, -0.25) is 4.79 Å². The van der Waals surface area contributed by atoms with Gasteiger partial charge in [0.25, 0.3) is 0 Å². The number of carbonyl (C=O) groups excluding carboxylic acids is 1. The van der Waals surface area contributed by atoms with Crippen molar-refractivity contribution in [2.75, 3.05) is 19.8 Å². The summed E-state index contributed by atoms with van der Waals surface area (Å²) in [5.74, 6) is -0.224. The van der Waals surface area contributed by atoms with E-state index >= 15 is 0 Å². The Morgan fingerprint density at radius 2 is 1.32 bits per heavy atom. The molecule has 0 spiro atoms. The van der Waals surface area contributed by atoms with E-state index < -0.39 is 6.10 Å². The Balaban J connectivity index is 3.41. The summed E-state index contributed by atoms with van der Waals surface area (Å²) in [7, 11) is 0. The van der Waals surface area contributed by atoms with E-state index in [1.54, 1.807) is 0 Å². The quantitative estimate of drug-likeness (QED) is 0.0815. The average molecular weight is 479 g/mol. The van der Waals surface area contributed by atoms with Gasteiger partial charge in [0.1, 0.15) is 6.10 Å².